The van der Waals surface area contributed by atoms with Crippen molar-refractivity contribution in [3.8, 4) is 0 Å². The van der Waals surface area contributed by atoms with E-state index >= 15 is 0 Å². The minimum atomic E-state index is 0.0162. The highest BCUT2D eigenvalue weighted by molar-refractivity contribution is 6.09. The number of fused-ring (bicyclic) bond motifs is 1. The molecule has 3 atom stereocenters. The number of hydrogen-bond donors (Lipinski definition) is 0. The second-order valence-corrected chi connectivity index (χ2v) is 3.15. The number of carbonyl (C=O) groups excluding carboxylic acids is 2. The molecule has 1 heterocycles. The Morgan fingerprint density at radius 1 is 1.20 bits per heavy atom. The van der Waals surface area contributed by atoms with Crippen molar-refractivity contribution in [1.29, 1.82) is 0 Å². The molecule has 1 aliphatic carbocycles. The summed E-state index contributed by atoms with van der Waals surface area (Å²) in [6.07, 6.45) is 0. The van der Waals surface area contributed by atoms with Crippen LogP contribution < -0.4 is 0 Å². The van der Waals surface area contributed by atoms with Crippen LogP contribution in [0.3, 0.4) is 0 Å². The van der Waals surface area contributed by atoms with E-state index in [4.69, 9.17) is 0 Å². The highest BCUT2D eigenvalue weighted by Crippen LogP contribution is 2.52. The van der Waals surface area contributed by atoms with Crippen LogP contribution in [0.4, 0.5) is 0 Å². The van der Waals surface area contributed by atoms with Gasteiger partial charge in [0, 0.05) is 7.05 Å². The van der Waals surface area contributed by atoms with Gasteiger partial charge in [-0.2, -0.15) is 0 Å². The van der Waals surface area contributed by atoms with Crippen molar-refractivity contribution in [2.75, 3.05) is 7.05 Å². The lowest BCUT2D eigenvalue weighted by Crippen LogP contribution is -2.29. The highest BCUT2D eigenvalue weighted by atomic mass is 16.2. The van der Waals surface area contributed by atoms with E-state index in [1.54, 1.807) is 7.05 Å². The van der Waals surface area contributed by atoms with Gasteiger partial charge in [-0.05, 0) is 5.92 Å². The molecule has 1 unspecified atom stereocenters. The normalized spacial score (nSPS) is 44.2. The maximum absolute atomic E-state index is 11.1. The van der Waals surface area contributed by atoms with Crippen molar-refractivity contribution in [2.24, 2.45) is 17.8 Å². The van der Waals surface area contributed by atoms with Crippen LogP contribution in [0.2, 0.25) is 0 Å². The topological polar surface area (TPSA) is 37.4 Å². The maximum Gasteiger partial charge on any atom is 0.233 e. The van der Waals surface area contributed by atoms with Gasteiger partial charge in [0.1, 0.15) is 0 Å². The molecular formula is C7H9NO2. The minimum absolute atomic E-state index is 0.0162. The Morgan fingerprint density at radius 2 is 1.60 bits per heavy atom. The Kier molecular flexibility index (Phi) is 0.832. The van der Waals surface area contributed by atoms with Crippen LogP contribution in [-0.4, -0.2) is 23.8 Å². The molecule has 2 aliphatic rings. The lowest BCUT2D eigenvalue weighted by molar-refractivity contribution is -0.140. The van der Waals surface area contributed by atoms with Gasteiger partial charge in [0.05, 0.1) is 11.8 Å². The molecule has 2 rings (SSSR count). The van der Waals surface area contributed by atoms with E-state index in [2.05, 4.69) is 0 Å². The lowest BCUT2D eigenvalue weighted by atomic mass is 10.3. The van der Waals surface area contributed by atoms with Gasteiger partial charge in [0.25, 0.3) is 0 Å². The first kappa shape index (κ1) is 5.89. The third kappa shape index (κ3) is 0.426. The van der Waals surface area contributed by atoms with Crippen molar-refractivity contribution in [1.82, 2.24) is 4.90 Å². The third-order valence-corrected chi connectivity index (χ3v) is 2.61. The number of piperidine rings is 1. The average Bonchev–Trinajstić information content (AvgIpc) is 2.50. The number of nitrogens with zero attached hydrogens (tertiary/aromatic N) is 1. The molecule has 1 saturated carbocycles. The molecule has 3 nitrogen and oxygen atoms in total. The van der Waals surface area contributed by atoms with Crippen LogP contribution in [0.1, 0.15) is 6.92 Å². The molecule has 54 valence electrons. The summed E-state index contributed by atoms with van der Waals surface area (Å²) < 4.78 is 0. The van der Waals surface area contributed by atoms with Crippen molar-refractivity contribution in [2.45, 2.75) is 6.92 Å². The predicted octanol–water partition coefficient (Wildman–Crippen LogP) is -0.133. The van der Waals surface area contributed by atoms with E-state index in [1.807, 2.05) is 6.92 Å². The Balaban J connectivity index is 2.30. The van der Waals surface area contributed by atoms with Crippen molar-refractivity contribution in [3.63, 3.8) is 0 Å². The molecule has 0 spiro atoms. The number of rotatable bonds is 0. The van der Waals surface area contributed by atoms with Crippen molar-refractivity contribution in [3.05, 3.63) is 0 Å². The number of imide groups is 1. The molecule has 2 amide bonds. The van der Waals surface area contributed by atoms with E-state index in [0.29, 0.717) is 5.92 Å². The number of likely N-dealkylation sites (tertiary alicyclic amines) is 1. The molecule has 0 N–H and O–H groups in total. The number of hydrogen-bond acceptors (Lipinski definition) is 2. The fourth-order valence-electron chi connectivity index (χ4n) is 1.78. The molecule has 10 heavy (non-hydrogen) atoms. The summed E-state index contributed by atoms with van der Waals surface area (Å²) in [7, 11) is 1.56. The maximum atomic E-state index is 11.1. The molecule has 1 saturated heterocycles. The fourth-order valence-corrected chi connectivity index (χ4v) is 1.78. The predicted molar refractivity (Wildman–Crippen MR) is 33.9 cm³/mol. The zero-order valence-corrected chi connectivity index (χ0v) is 6.00. The molecule has 2 fully saturated rings. The summed E-state index contributed by atoms with van der Waals surface area (Å²) in [5, 5.41) is 0. The summed E-state index contributed by atoms with van der Waals surface area (Å²) in [6, 6.07) is 0. The summed E-state index contributed by atoms with van der Waals surface area (Å²) in [5.74, 6) is 0.427. The van der Waals surface area contributed by atoms with Gasteiger partial charge < -0.3 is 0 Å². The Bertz CT molecular complexity index is 202. The van der Waals surface area contributed by atoms with Gasteiger partial charge in [0.2, 0.25) is 11.8 Å². The van der Waals surface area contributed by atoms with Gasteiger partial charge in [0.15, 0.2) is 0 Å². The van der Waals surface area contributed by atoms with Crippen molar-refractivity contribution >= 4 is 11.8 Å². The quantitative estimate of drug-likeness (QED) is 0.438. The summed E-state index contributed by atoms with van der Waals surface area (Å²) in [4.78, 5) is 23.4. The first-order valence-electron chi connectivity index (χ1n) is 3.46. The highest BCUT2D eigenvalue weighted by Gasteiger charge is 2.63. The zero-order chi connectivity index (χ0) is 7.46. The molecule has 1 aliphatic heterocycles. The molecule has 0 radical (unpaired) electrons. The van der Waals surface area contributed by atoms with Gasteiger partial charge in [-0.1, -0.05) is 6.92 Å². The number of amides is 2. The van der Waals surface area contributed by atoms with E-state index in [-0.39, 0.29) is 23.7 Å². The van der Waals surface area contributed by atoms with E-state index in [9.17, 15) is 9.59 Å². The van der Waals surface area contributed by atoms with Gasteiger partial charge >= 0.3 is 0 Å². The second-order valence-electron chi connectivity index (χ2n) is 3.15. The van der Waals surface area contributed by atoms with Crippen LogP contribution in [-0.2, 0) is 9.59 Å². The first-order chi connectivity index (χ1) is 4.64. The van der Waals surface area contributed by atoms with Crippen LogP contribution in [0.25, 0.3) is 0 Å². The Morgan fingerprint density at radius 3 is 1.90 bits per heavy atom. The molecule has 3 heteroatoms. The molecular weight excluding hydrogens is 130 g/mol. The third-order valence-electron chi connectivity index (χ3n) is 2.61. The second kappa shape index (κ2) is 1.41. The Labute approximate surface area is 59.0 Å². The van der Waals surface area contributed by atoms with E-state index in [0.717, 1.165) is 0 Å². The van der Waals surface area contributed by atoms with Crippen LogP contribution in [0.5, 0.6) is 0 Å². The molecule has 0 aromatic heterocycles. The smallest absolute Gasteiger partial charge is 0.233 e. The average molecular weight is 139 g/mol. The number of carbonyl (C=O) groups is 2. The van der Waals surface area contributed by atoms with E-state index in [1.165, 1.54) is 4.90 Å². The molecule has 0 aromatic carbocycles. The first-order valence-corrected chi connectivity index (χ1v) is 3.46. The summed E-state index contributed by atoms with van der Waals surface area (Å²) >= 11 is 0. The SMILES string of the molecule is CC1[C@H]2C(=O)N(C)C(=O)[C@@H]12. The molecule has 0 bridgehead atoms. The van der Waals surface area contributed by atoms with Gasteiger partial charge in [-0.15, -0.1) is 0 Å². The lowest BCUT2D eigenvalue weighted by Gasteiger charge is -2.09. The Hall–Kier alpha value is -0.860. The summed E-state index contributed by atoms with van der Waals surface area (Å²) in [6.45, 7) is 1.96. The standard InChI is InChI=1S/C7H9NO2/c1-3-4-5(3)7(10)8(2)6(4)9/h3-5H,1-2H3/t3?,4-,5+. The summed E-state index contributed by atoms with van der Waals surface area (Å²) in [5.41, 5.74) is 0. The fraction of sp³-hybridized carbons (Fsp3) is 0.714. The van der Waals surface area contributed by atoms with Crippen LogP contribution >= 0.6 is 0 Å². The van der Waals surface area contributed by atoms with Crippen LogP contribution in [0, 0.1) is 17.8 Å². The van der Waals surface area contributed by atoms with Gasteiger partial charge in [-0.3, -0.25) is 14.5 Å². The zero-order valence-electron chi connectivity index (χ0n) is 6.00. The van der Waals surface area contributed by atoms with Gasteiger partial charge in [-0.25, -0.2) is 0 Å². The van der Waals surface area contributed by atoms with E-state index < -0.39 is 0 Å². The van der Waals surface area contributed by atoms with Crippen molar-refractivity contribution < 1.29 is 9.59 Å². The largest absolute Gasteiger partial charge is 0.285 e. The molecule has 0 aromatic rings. The van der Waals surface area contributed by atoms with Crippen LogP contribution in [0.15, 0.2) is 0 Å². The minimum Gasteiger partial charge on any atom is -0.285 e. The monoisotopic (exact) mass is 139 g/mol.